The summed E-state index contributed by atoms with van der Waals surface area (Å²) in [5.41, 5.74) is 2.75. The van der Waals surface area contributed by atoms with Crippen LogP contribution in [0.2, 0.25) is 0 Å². The van der Waals surface area contributed by atoms with E-state index in [-0.39, 0.29) is 0 Å². The number of hydrogen-bond acceptors (Lipinski definition) is 4. The van der Waals surface area contributed by atoms with E-state index in [1.54, 1.807) is 10.7 Å². The summed E-state index contributed by atoms with van der Waals surface area (Å²) in [6.45, 7) is 2.46. The standard InChI is InChI=1S/C15H16N4O/c1-11-14(16-2)19-15(18-11)13(8-9-17-19)20-10-12-6-4-3-5-7-12/h3-9,16H,10H2,1-2H3. The fraction of sp³-hybridized carbons (Fsp3) is 0.200. The van der Waals surface area contributed by atoms with Crippen LogP contribution in [0.3, 0.4) is 0 Å². The predicted molar refractivity (Wildman–Crippen MR) is 78.0 cm³/mol. The van der Waals surface area contributed by atoms with Gasteiger partial charge in [0.2, 0.25) is 0 Å². The number of hydrogen-bond donors (Lipinski definition) is 1. The van der Waals surface area contributed by atoms with E-state index in [1.165, 1.54) is 0 Å². The summed E-state index contributed by atoms with van der Waals surface area (Å²) >= 11 is 0. The summed E-state index contributed by atoms with van der Waals surface area (Å²) in [6, 6.07) is 11.9. The second-order valence-corrected chi connectivity index (χ2v) is 4.50. The lowest BCUT2D eigenvalue weighted by molar-refractivity contribution is 0.307. The summed E-state index contributed by atoms with van der Waals surface area (Å²) in [5.74, 6) is 1.61. The molecule has 0 aliphatic rings. The Balaban J connectivity index is 1.92. The Kier molecular flexibility index (Phi) is 3.25. The number of benzene rings is 1. The monoisotopic (exact) mass is 268 g/mol. The summed E-state index contributed by atoms with van der Waals surface area (Å²) in [5, 5.41) is 7.40. The first-order valence-electron chi connectivity index (χ1n) is 6.48. The van der Waals surface area contributed by atoms with Gasteiger partial charge in [-0.1, -0.05) is 30.3 Å². The Morgan fingerprint density at radius 1 is 1.20 bits per heavy atom. The molecular formula is C15H16N4O. The first-order chi connectivity index (χ1) is 9.79. The fourth-order valence-corrected chi connectivity index (χ4v) is 2.17. The van der Waals surface area contributed by atoms with Gasteiger partial charge in [-0.25, -0.2) is 4.98 Å². The molecular weight excluding hydrogens is 252 g/mol. The molecule has 2 heterocycles. The SMILES string of the molecule is CNc1c(C)nc2c(OCc3ccccc3)ccnn12. The van der Waals surface area contributed by atoms with Crippen molar-refractivity contribution in [1.82, 2.24) is 14.6 Å². The number of imidazole rings is 1. The zero-order valence-corrected chi connectivity index (χ0v) is 11.5. The van der Waals surface area contributed by atoms with Crippen molar-refractivity contribution in [3.8, 4) is 5.75 Å². The van der Waals surface area contributed by atoms with Gasteiger partial charge in [0.15, 0.2) is 17.2 Å². The molecule has 0 aliphatic heterocycles. The molecule has 0 bridgehead atoms. The lowest BCUT2D eigenvalue weighted by Crippen LogP contribution is -2.01. The number of anilines is 1. The Morgan fingerprint density at radius 2 is 2.00 bits per heavy atom. The van der Waals surface area contributed by atoms with E-state index < -0.39 is 0 Å². The summed E-state index contributed by atoms with van der Waals surface area (Å²) < 4.78 is 7.63. The molecule has 0 unspecified atom stereocenters. The van der Waals surface area contributed by atoms with Gasteiger partial charge >= 0.3 is 0 Å². The topological polar surface area (TPSA) is 51.5 Å². The number of ether oxygens (including phenoxy) is 1. The summed E-state index contributed by atoms with van der Waals surface area (Å²) in [6.07, 6.45) is 1.72. The number of nitrogens with one attached hydrogen (secondary N) is 1. The van der Waals surface area contributed by atoms with Crippen molar-refractivity contribution in [3.05, 3.63) is 53.9 Å². The van der Waals surface area contributed by atoms with Crippen molar-refractivity contribution < 1.29 is 4.74 Å². The molecule has 5 nitrogen and oxygen atoms in total. The largest absolute Gasteiger partial charge is 0.485 e. The van der Waals surface area contributed by atoms with E-state index in [2.05, 4.69) is 15.4 Å². The van der Waals surface area contributed by atoms with E-state index in [0.29, 0.717) is 6.61 Å². The highest BCUT2D eigenvalue weighted by Gasteiger charge is 2.12. The van der Waals surface area contributed by atoms with Crippen LogP contribution in [0.15, 0.2) is 42.6 Å². The van der Waals surface area contributed by atoms with Crippen LogP contribution >= 0.6 is 0 Å². The van der Waals surface area contributed by atoms with E-state index in [4.69, 9.17) is 4.74 Å². The molecule has 1 aromatic carbocycles. The first-order valence-corrected chi connectivity index (χ1v) is 6.48. The summed E-state index contributed by atoms with van der Waals surface area (Å²) in [7, 11) is 1.86. The van der Waals surface area contributed by atoms with Crippen molar-refractivity contribution in [2.75, 3.05) is 12.4 Å². The molecule has 0 fully saturated rings. The molecule has 0 amide bonds. The van der Waals surface area contributed by atoms with Crippen LogP contribution in [0, 0.1) is 6.92 Å². The van der Waals surface area contributed by atoms with E-state index in [0.717, 1.165) is 28.5 Å². The maximum absolute atomic E-state index is 5.87. The molecule has 0 spiro atoms. The van der Waals surface area contributed by atoms with Crippen LogP contribution in [0.4, 0.5) is 5.82 Å². The lowest BCUT2D eigenvalue weighted by Gasteiger charge is -2.07. The average molecular weight is 268 g/mol. The second kappa shape index (κ2) is 5.21. The molecule has 0 atom stereocenters. The van der Waals surface area contributed by atoms with Gasteiger partial charge in [0.25, 0.3) is 0 Å². The second-order valence-electron chi connectivity index (χ2n) is 4.50. The molecule has 2 aromatic heterocycles. The highest BCUT2D eigenvalue weighted by atomic mass is 16.5. The molecule has 1 N–H and O–H groups in total. The molecule has 0 aliphatic carbocycles. The first kappa shape index (κ1) is 12.5. The van der Waals surface area contributed by atoms with Crippen molar-refractivity contribution in [2.45, 2.75) is 13.5 Å². The van der Waals surface area contributed by atoms with Gasteiger partial charge in [-0.3, -0.25) is 0 Å². The molecule has 3 aromatic rings. The zero-order valence-electron chi connectivity index (χ0n) is 11.5. The van der Waals surface area contributed by atoms with Gasteiger partial charge in [-0.2, -0.15) is 9.61 Å². The Morgan fingerprint density at radius 3 is 2.75 bits per heavy atom. The Hall–Kier alpha value is -2.56. The van der Waals surface area contributed by atoms with Gasteiger partial charge in [-0.05, 0) is 12.5 Å². The van der Waals surface area contributed by atoms with Crippen LogP contribution in [0.25, 0.3) is 5.65 Å². The minimum absolute atomic E-state index is 0.515. The van der Waals surface area contributed by atoms with Gasteiger partial charge in [-0.15, -0.1) is 0 Å². The van der Waals surface area contributed by atoms with E-state index in [1.807, 2.05) is 50.4 Å². The number of nitrogens with zero attached hydrogens (tertiary/aromatic N) is 3. The van der Waals surface area contributed by atoms with Crippen LogP contribution in [0.5, 0.6) is 5.75 Å². The van der Waals surface area contributed by atoms with Gasteiger partial charge in [0.1, 0.15) is 6.61 Å². The molecule has 102 valence electrons. The molecule has 3 rings (SSSR count). The van der Waals surface area contributed by atoms with Crippen LogP contribution < -0.4 is 10.1 Å². The molecule has 5 heteroatoms. The van der Waals surface area contributed by atoms with E-state index in [9.17, 15) is 0 Å². The van der Waals surface area contributed by atoms with Crippen LogP contribution in [-0.4, -0.2) is 21.6 Å². The number of aryl methyl sites for hydroxylation is 1. The van der Waals surface area contributed by atoms with Crippen molar-refractivity contribution in [3.63, 3.8) is 0 Å². The highest BCUT2D eigenvalue weighted by Crippen LogP contribution is 2.23. The Labute approximate surface area is 117 Å². The van der Waals surface area contributed by atoms with Crippen molar-refractivity contribution in [1.29, 1.82) is 0 Å². The molecule has 0 saturated carbocycles. The normalized spacial score (nSPS) is 10.7. The molecule has 20 heavy (non-hydrogen) atoms. The van der Waals surface area contributed by atoms with E-state index >= 15 is 0 Å². The maximum atomic E-state index is 5.87. The average Bonchev–Trinajstić information content (AvgIpc) is 2.82. The number of fused-ring (bicyclic) bond motifs is 1. The summed E-state index contributed by atoms with van der Waals surface area (Å²) in [4.78, 5) is 4.51. The smallest absolute Gasteiger partial charge is 0.198 e. The maximum Gasteiger partial charge on any atom is 0.198 e. The van der Waals surface area contributed by atoms with Crippen molar-refractivity contribution >= 4 is 11.5 Å². The number of aromatic nitrogens is 3. The fourth-order valence-electron chi connectivity index (χ4n) is 2.17. The minimum atomic E-state index is 0.515. The van der Waals surface area contributed by atoms with Crippen molar-refractivity contribution in [2.24, 2.45) is 0 Å². The van der Waals surface area contributed by atoms with Crippen LogP contribution in [0.1, 0.15) is 11.3 Å². The third-order valence-electron chi connectivity index (χ3n) is 3.13. The third kappa shape index (κ3) is 2.18. The quantitative estimate of drug-likeness (QED) is 0.790. The van der Waals surface area contributed by atoms with Gasteiger partial charge in [0.05, 0.1) is 11.9 Å². The number of rotatable bonds is 4. The van der Waals surface area contributed by atoms with Gasteiger partial charge in [0, 0.05) is 13.1 Å². The predicted octanol–water partition coefficient (Wildman–Crippen LogP) is 2.66. The third-order valence-corrected chi connectivity index (χ3v) is 3.13. The van der Waals surface area contributed by atoms with Crippen LogP contribution in [-0.2, 0) is 6.61 Å². The lowest BCUT2D eigenvalue weighted by atomic mass is 10.2. The molecule has 0 radical (unpaired) electrons. The zero-order chi connectivity index (χ0) is 13.9. The van der Waals surface area contributed by atoms with Gasteiger partial charge < -0.3 is 10.1 Å². The highest BCUT2D eigenvalue weighted by molar-refractivity contribution is 5.60. The molecule has 0 saturated heterocycles. The Bertz CT molecular complexity index is 721. The minimum Gasteiger partial charge on any atom is -0.485 e.